The number of benzene rings is 3. The fourth-order valence-corrected chi connectivity index (χ4v) is 4.95. The highest BCUT2D eigenvalue weighted by molar-refractivity contribution is 9.10. The molecule has 4 rings (SSSR count). The fourth-order valence-electron chi connectivity index (χ4n) is 3.24. The number of ether oxygens (including phenoxy) is 2. The summed E-state index contributed by atoms with van der Waals surface area (Å²) in [7, 11) is 1.49. The lowest BCUT2D eigenvalue weighted by Crippen LogP contribution is -2.20. The molecular weight excluding hydrogens is 601 g/mol. The molecule has 1 heterocycles. The van der Waals surface area contributed by atoms with E-state index < -0.39 is 5.91 Å². The molecule has 0 saturated carbocycles. The van der Waals surface area contributed by atoms with Crippen LogP contribution in [0.4, 0.5) is 11.4 Å². The van der Waals surface area contributed by atoms with Gasteiger partial charge in [-0.25, -0.2) is 4.99 Å². The maximum atomic E-state index is 12.5. The summed E-state index contributed by atoms with van der Waals surface area (Å²) in [5, 5.41) is 6.70. The molecule has 0 atom stereocenters. The van der Waals surface area contributed by atoms with Crippen LogP contribution in [0.2, 0.25) is 10.0 Å². The first-order valence-electron chi connectivity index (χ1n) is 10.8. The highest BCUT2D eigenvalue weighted by atomic mass is 79.9. The van der Waals surface area contributed by atoms with Crippen molar-refractivity contribution in [3.63, 3.8) is 0 Å². The number of carbonyl (C=O) groups is 2. The Kier molecular flexibility index (Phi) is 8.81. The zero-order valence-corrected chi connectivity index (χ0v) is 23.5. The fraction of sp³-hybridized carbons (Fsp3) is 0.115. The molecule has 11 heteroatoms. The van der Waals surface area contributed by atoms with Gasteiger partial charge in [-0.3, -0.25) is 9.59 Å². The largest absolute Gasteiger partial charge is 0.493 e. The van der Waals surface area contributed by atoms with Crippen LogP contribution in [0.5, 0.6) is 11.5 Å². The summed E-state index contributed by atoms with van der Waals surface area (Å²) < 4.78 is 11.7. The van der Waals surface area contributed by atoms with Crippen LogP contribution in [0.1, 0.15) is 11.1 Å². The van der Waals surface area contributed by atoms with Gasteiger partial charge < -0.3 is 20.1 Å². The van der Waals surface area contributed by atoms with E-state index >= 15 is 0 Å². The van der Waals surface area contributed by atoms with Crippen molar-refractivity contribution in [2.75, 3.05) is 19.0 Å². The molecule has 3 aromatic rings. The van der Waals surface area contributed by atoms with Crippen molar-refractivity contribution >= 4 is 85.3 Å². The number of anilines is 1. The topological polar surface area (TPSA) is 89.0 Å². The van der Waals surface area contributed by atoms with Crippen molar-refractivity contribution in [3.05, 3.63) is 85.1 Å². The van der Waals surface area contributed by atoms with Gasteiger partial charge in [-0.15, -0.1) is 0 Å². The SMILES string of the molecule is COc1cc(/C=C2/SC(=Nc3ccc(C)cc3)NC2=O)cc(Br)c1OCC(=O)Nc1ccc(Cl)c(Cl)c1. The number of rotatable bonds is 7. The van der Waals surface area contributed by atoms with Crippen LogP contribution in [0, 0.1) is 6.92 Å². The molecule has 37 heavy (non-hydrogen) atoms. The van der Waals surface area contributed by atoms with E-state index in [1.54, 1.807) is 36.4 Å². The molecule has 0 aliphatic carbocycles. The van der Waals surface area contributed by atoms with Gasteiger partial charge in [0.1, 0.15) is 0 Å². The van der Waals surface area contributed by atoms with Crippen molar-refractivity contribution in [1.82, 2.24) is 5.32 Å². The first kappa shape index (κ1) is 27.1. The molecule has 3 aromatic carbocycles. The van der Waals surface area contributed by atoms with Gasteiger partial charge in [0, 0.05) is 5.69 Å². The van der Waals surface area contributed by atoms with Crippen LogP contribution >= 0.6 is 50.9 Å². The van der Waals surface area contributed by atoms with Gasteiger partial charge in [-0.1, -0.05) is 40.9 Å². The van der Waals surface area contributed by atoms with Crippen LogP contribution in [0.25, 0.3) is 6.08 Å². The minimum atomic E-state index is -0.391. The van der Waals surface area contributed by atoms with Gasteiger partial charge in [0.15, 0.2) is 23.3 Å². The third kappa shape index (κ3) is 7.07. The molecule has 0 bridgehead atoms. The molecule has 0 aromatic heterocycles. The molecule has 0 spiro atoms. The van der Waals surface area contributed by atoms with Crippen LogP contribution in [-0.2, 0) is 9.59 Å². The number of amides is 2. The summed E-state index contributed by atoms with van der Waals surface area (Å²) in [4.78, 5) is 29.8. The van der Waals surface area contributed by atoms with E-state index in [0.717, 1.165) is 11.3 Å². The lowest BCUT2D eigenvalue weighted by molar-refractivity contribution is -0.118. The van der Waals surface area contributed by atoms with Crippen LogP contribution in [-0.4, -0.2) is 30.7 Å². The zero-order valence-electron chi connectivity index (χ0n) is 19.6. The number of halogens is 3. The molecule has 0 unspecified atom stereocenters. The Bertz CT molecular complexity index is 1430. The van der Waals surface area contributed by atoms with E-state index in [4.69, 9.17) is 32.7 Å². The molecule has 2 amide bonds. The number of amidine groups is 1. The van der Waals surface area contributed by atoms with Gasteiger partial charge in [0.25, 0.3) is 11.8 Å². The molecule has 190 valence electrons. The smallest absolute Gasteiger partial charge is 0.264 e. The Morgan fingerprint density at radius 1 is 1.14 bits per heavy atom. The summed E-state index contributed by atoms with van der Waals surface area (Å²) in [5.41, 5.74) is 3.08. The lowest BCUT2D eigenvalue weighted by atomic mass is 10.2. The summed E-state index contributed by atoms with van der Waals surface area (Å²) >= 11 is 16.6. The van der Waals surface area contributed by atoms with Gasteiger partial charge in [0.2, 0.25) is 0 Å². The summed E-state index contributed by atoms with van der Waals surface area (Å²) in [6.07, 6.45) is 1.73. The van der Waals surface area contributed by atoms with Crippen LogP contribution in [0.3, 0.4) is 0 Å². The highest BCUT2D eigenvalue weighted by Crippen LogP contribution is 2.38. The summed E-state index contributed by atoms with van der Waals surface area (Å²) in [5.74, 6) is 0.0998. The number of aliphatic imine (C=N–C) groups is 1. The number of carbonyl (C=O) groups excluding carboxylic acids is 2. The third-order valence-corrected chi connectivity index (χ3v) is 7.25. The van der Waals surface area contributed by atoms with E-state index in [0.29, 0.717) is 47.3 Å². The Labute approximate surface area is 236 Å². The van der Waals surface area contributed by atoms with Crippen molar-refractivity contribution in [2.24, 2.45) is 4.99 Å². The Balaban J connectivity index is 1.45. The predicted octanol–water partition coefficient (Wildman–Crippen LogP) is 6.98. The Morgan fingerprint density at radius 2 is 1.89 bits per heavy atom. The second-order valence-corrected chi connectivity index (χ2v) is 10.5. The predicted molar refractivity (Wildman–Crippen MR) is 153 cm³/mol. The number of hydrogen-bond donors (Lipinski definition) is 2. The Morgan fingerprint density at radius 3 is 2.59 bits per heavy atom. The number of nitrogens with zero attached hydrogens (tertiary/aromatic N) is 1. The van der Waals surface area contributed by atoms with E-state index in [-0.39, 0.29) is 12.5 Å². The van der Waals surface area contributed by atoms with Crippen molar-refractivity contribution in [2.45, 2.75) is 6.92 Å². The first-order chi connectivity index (χ1) is 17.7. The number of aryl methyl sites for hydroxylation is 1. The molecular formula is C26H20BrCl2N3O4S. The second-order valence-electron chi connectivity index (χ2n) is 7.82. The minimum absolute atomic E-state index is 0.245. The minimum Gasteiger partial charge on any atom is -0.493 e. The summed E-state index contributed by atoms with van der Waals surface area (Å²) in [6, 6.07) is 16.0. The van der Waals surface area contributed by atoms with Gasteiger partial charge in [0.05, 0.1) is 32.2 Å². The van der Waals surface area contributed by atoms with Gasteiger partial charge in [-0.05, 0) is 88.7 Å². The molecule has 0 radical (unpaired) electrons. The molecule has 1 fully saturated rings. The van der Waals surface area contributed by atoms with E-state index in [1.807, 2.05) is 31.2 Å². The molecule has 7 nitrogen and oxygen atoms in total. The van der Waals surface area contributed by atoms with Crippen LogP contribution < -0.4 is 20.1 Å². The third-order valence-electron chi connectivity index (χ3n) is 5.02. The maximum absolute atomic E-state index is 12.5. The average Bonchev–Trinajstić information content (AvgIpc) is 3.20. The second kappa shape index (κ2) is 12.0. The molecule has 2 N–H and O–H groups in total. The number of hydrogen-bond acceptors (Lipinski definition) is 6. The zero-order chi connectivity index (χ0) is 26.5. The molecule has 1 saturated heterocycles. The summed E-state index contributed by atoms with van der Waals surface area (Å²) in [6.45, 7) is 1.73. The van der Waals surface area contributed by atoms with Crippen molar-refractivity contribution in [3.8, 4) is 11.5 Å². The molecule has 1 aliphatic heterocycles. The van der Waals surface area contributed by atoms with Crippen molar-refractivity contribution < 1.29 is 19.1 Å². The quantitative estimate of drug-likeness (QED) is 0.278. The standard InChI is InChI=1S/C26H20BrCl2N3O4S/c1-14-3-5-16(6-4-14)31-26-32-25(34)22(37-26)11-15-9-18(27)24(21(10-15)35-2)36-13-23(33)30-17-7-8-19(28)20(29)12-17/h3-12H,13H2,1-2H3,(H,30,33)(H,31,32,34)/b22-11+. The van der Waals surface area contributed by atoms with Crippen molar-refractivity contribution in [1.29, 1.82) is 0 Å². The van der Waals surface area contributed by atoms with E-state index in [9.17, 15) is 9.59 Å². The number of nitrogens with one attached hydrogen (secondary N) is 2. The highest BCUT2D eigenvalue weighted by Gasteiger charge is 2.24. The normalized spacial score (nSPS) is 15.1. The monoisotopic (exact) mass is 619 g/mol. The number of thioether (sulfide) groups is 1. The van der Waals surface area contributed by atoms with E-state index in [2.05, 4.69) is 31.6 Å². The lowest BCUT2D eigenvalue weighted by Gasteiger charge is -2.14. The maximum Gasteiger partial charge on any atom is 0.264 e. The first-order valence-corrected chi connectivity index (χ1v) is 13.2. The molecule has 1 aliphatic rings. The average molecular weight is 621 g/mol. The van der Waals surface area contributed by atoms with Gasteiger partial charge in [-0.2, -0.15) is 0 Å². The van der Waals surface area contributed by atoms with E-state index in [1.165, 1.54) is 18.9 Å². The van der Waals surface area contributed by atoms with Crippen LogP contribution in [0.15, 0.2) is 69.0 Å². The number of methoxy groups -OCH3 is 1. The van der Waals surface area contributed by atoms with Gasteiger partial charge >= 0.3 is 0 Å². The Hall–Kier alpha value is -2.98.